The molecule has 1 aliphatic heterocycles. The van der Waals surface area contributed by atoms with Crippen LogP contribution in [0.3, 0.4) is 0 Å². The van der Waals surface area contributed by atoms with E-state index in [1.165, 1.54) is 18.5 Å². The zero-order valence-corrected chi connectivity index (χ0v) is 20.9. The fourth-order valence-corrected chi connectivity index (χ4v) is 3.75. The summed E-state index contributed by atoms with van der Waals surface area (Å²) in [5.74, 6) is -0.0144. The van der Waals surface area contributed by atoms with Crippen LogP contribution < -0.4 is 14.8 Å². The molecular formula is C23H31FN4O6S. The van der Waals surface area contributed by atoms with Gasteiger partial charge in [0.15, 0.2) is 9.84 Å². The third kappa shape index (κ3) is 8.85. The highest BCUT2D eigenvalue weighted by atomic mass is 32.2. The number of piperidine rings is 1. The highest BCUT2D eigenvalue weighted by Crippen LogP contribution is 2.22. The largest absolute Gasteiger partial charge is 0.492 e. The van der Waals surface area contributed by atoms with E-state index in [0.29, 0.717) is 37.5 Å². The zero-order chi connectivity index (χ0) is 25.4. The molecule has 1 saturated heterocycles. The Hall–Kier alpha value is -3.15. The van der Waals surface area contributed by atoms with Gasteiger partial charge in [-0.05, 0) is 26.0 Å². The maximum atomic E-state index is 14.4. The number of amides is 1. The number of sulfone groups is 1. The molecule has 1 aromatic carbocycles. The normalized spacial score (nSPS) is 14.6. The zero-order valence-electron chi connectivity index (χ0n) is 20.1. The molecule has 35 heavy (non-hydrogen) atoms. The Morgan fingerprint density at radius 2 is 1.97 bits per heavy atom. The first-order valence-corrected chi connectivity index (χ1v) is 13.4. The maximum absolute atomic E-state index is 14.4. The number of benzene rings is 1. The number of nitrogens with zero attached hydrogens (tertiary/aromatic N) is 3. The Kier molecular flexibility index (Phi) is 9.07. The van der Waals surface area contributed by atoms with Crippen LogP contribution in [0, 0.1) is 5.82 Å². The van der Waals surface area contributed by atoms with Gasteiger partial charge in [0.2, 0.25) is 5.88 Å². The molecule has 0 unspecified atom stereocenters. The van der Waals surface area contributed by atoms with Gasteiger partial charge in [-0.15, -0.1) is 0 Å². The van der Waals surface area contributed by atoms with Crippen molar-refractivity contribution in [3.8, 4) is 11.6 Å². The van der Waals surface area contributed by atoms with E-state index in [1.807, 2.05) is 13.8 Å². The summed E-state index contributed by atoms with van der Waals surface area (Å²) in [5, 5.41) is 2.97. The van der Waals surface area contributed by atoms with E-state index in [4.69, 9.17) is 14.2 Å². The summed E-state index contributed by atoms with van der Waals surface area (Å²) in [6, 6.07) is 5.96. The summed E-state index contributed by atoms with van der Waals surface area (Å²) in [6.45, 7) is 4.92. The Bertz CT molecular complexity index is 1110. The number of ether oxygens (including phenoxy) is 3. The Morgan fingerprint density at radius 1 is 1.23 bits per heavy atom. The Labute approximate surface area is 204 Å². The minimum atomic E-state index is -3.15. The maximum Gasteiger partial charge on any atom is 0.410 e. The highest BCUT2D eigenvalue weighted by molar-refractivity contribution is 7.90. The topological polar surface area (TPSA) is 120 Å². The SMILES string of the molecule is CC(C)OC(=O)N1CCC(Oc2cc(CNc3ccc(OCCS(C)(=O)=O)cc3F)ncn2)CC1. The van der Waals surface area contributed by atoms with Crippen LogP contribution >= 0.6 is 0 Å². The molecule has 1 N–H and O–H groups in total. The first-order valence-electron chi connectivity index (χ1n) is 11.4. The van der Waals surface area contributed by atoms with E-state index in [-0.39, 0.29) is 48.6 Å². The van der Waals surface area contributed by atoms with Crippen molar-refractivity contribution < 1.29 is 31.8 Å². The molecule has 0 atom stereocenters. The van der Waals surface area contributed by atoms with Gasteiger partial charge < -0.3 is 24.4 Å². The van der Waals surface area contributed by atoms with Crippen molar-refractivity contribution in [2.75, 3.05) is 37.0 Å². The second kappa shape index (κ2) is 12.0. The first kappa shape index (κ1) is 26.5. The van der Waals surface area contributed by atoms with Crippen LogP contribution in [0.5, 0.6) is 11.6 Å². The predicted molar refractivity (Wildman–Crippen MR) is 128 cm³/mol. The number of likely N-dealkylation sites (tertiary alicyclic amines) is 1. The Balaban J connectivity index is 1.48. The molecule has 1 amide bonds. The van der Waals surface area contributed by atoms with Crippen molar-refractivity contribution >= 4 is 21.6 Å². The monoisotopic (exact) mass is 510 g/mol. The quantitative estimate of drug-likeness (QED) is 0.514. The van der Waals surface area contributed by atoms with Crippen LogP contribution in [0.2, 0.25) is 0 Å². The van der Waals surface area contributed by atoms with Crippen LogP contribution in [-0.4, -0.2) is 73.3 Å². The van der Waals surface area contributed by atoms with Crippen molar-refractivity contribution in [1.29, 1.82) is 0 Å². The molecular weight excluding hydrogens is 479 g/mol. The van der Waals surface area contributed by atoms with E-state index in [9.17, 15) is 17.6 Å². The molecule has 0 aliphatic carbocycles. The van der Waals surface area contributed by atoms with Crippen molar-refractivity contribution in [3.05, 3.63) is 42.1 Å². The molecule has 2 heterocycles. The van der Waals surface area contributed by atoms with E-state index in [1.54, 1.807) is 17.0 Å². The molecule has 1 aromatic heterocycles. The highest BCUT2D eigenvalue weighted by Gasteiger charge is 2.25. The number of halogens is 1. The summed E-state index contributed by atoms with van der Waals surface area (Å²) < 4.78 is 53.2. The lowest BCUT2D eigenvalue weighted by atomic mass is 10.1. The smallest absolute Gasteiger partial charge is 0.410 e. The molecule has 0 radical (unpaired) electrons. The van der Waals surface area contributed by atoms with Crippen molar-refractivity contribution in [2.24, 2.45) is 0 Å². The van der Waals surface area contributed by atoms with Crippen LogP contribution in [0.25, 0.3) is 0 Å². The van der Waals surface area contributed by atoms with Gasteiger partial charge in [0.1, 0.15) is 30.6 Å². The van der Waals surface area contributed by atoms with Gasteiger partial charge in [0, 0.05) is 44.3 Å². The molecule has 0 saturated carbocycles. The predicted octanol–water partition coefficient (Wildman–Crippen LogP) is 3.04. The lowest BCUT2D eigenvalue weighted by Crippen LogP contribution is -2.42. The number of anilines is 1. The number of hydrogen-bond acceptors (Lipinski definition) is 9. The van der Waals surface area contributed by atoms with E-state index >= 15 is 0 Å². The third-order valence-corrected chi connectivity index (χ3v) is 6.05. The molecule has 2 aromatic rings. The summed E-state index contributed by atoms with van der Waals surface area (Å²) in [4.78, 5) is 22.0. The minimum absolute atomic E-state index is 0.0458. The number of carbonyl (C=O) groups excluding carboxylic acids is 1. The fraction of sp³-hybridized carbons (Fsp3) is 0.522. The number of hydrogen-bond donors (Lipinski definition) is 1. The van der Waals surface area contributed by atoms with E-state index in [2.05, 4.69) is 15.3 Å². The van der Waals surface area contributed by atoms with Gasteiger partial charge in [-0.1, -0.05) is 0 Å². The summed E-state index contributed by atoms with van der Waals surface area (Å²) in [5.41, 5.74) is 0.864. The average molecular weight is 511 g/mol. The number of nitrogens with one attached hydrogen (secondary N) is 1. The number of rotatable bonds is 10. The molecule has 0 bridgehead atoms. The van der Waals surface area contributed by atoms with Gasteiger partial charge in [-0.2, -0.15) is 0 Å². The number of carbonyl (C=O) groups is 1. The first-order chi connectivity index (χ1) is 16.6. The van der Waals surface area contributed by atoms with Gasteiger partial charge in [0.05, 0.1) is 29.8 Å². The average Bonchev–Trinajstić information content (AvgIpc) is 2.78. The third-order valence-electron chi connectivity index (χ3n) is 5.15. The van der Waals surface area contributed by atoms with E-state index < -0.39 is 15.7 Å². The fourth-order valence-electron chi connectivity index (χ4n) is 3.37. The second-order valence-electron chi connectivity index (χ2n) is 8.56. The summed E-state index contributed by atoms with van der Waals surface area (Å²) >= 11 is 0. The minimum Gasteiger partial charge on any atom is -0.492 e. The molecule has 3 rings (SSSR count). The second-order valence-corrected chi connectivity index (χ2v) is 10.8. The summed E-state index contributed by atoms with van der Waals surface area (Å²) in [7, 11) is -3.15. The van der Waals surface area contributed by atoms with Gasteiger partial charge in [-0.3, -0.25) is 0 Å². The molecule has 192 valence electrons. The van der Waals surface area contributed by atoms with Crippen LogP contribution in [0.15, 0.2) is 30.6 Å². The molecule has 0 spiro atoms. The van der Waals surface area contributed by atoms with Crippen molar-refractivity contribution in [1.82, 2.24) is 14.9 Å². The Morgan fingerprint density at radius 3 is 2.63 bits per heavy atom. The molecule has 10 nitrogen and oxygen atoms in total. The molecule has 12 heteroatoms. The van der Waals surface area contributed by atoms with Gasteiger partial charge in [0.25, 0.3) is 0 Å². The number of aromatic nitrogens is 2. The van der Waals surface area contributed by atoms with Crippen molar-refractivity contribution in [2.45, 2.75) is 45.4 Å². The van der Waals surface area contributed by atoms with Gasteiger partial charge in [-0.25, -0.2) is 27.6 Å². The van der Waals surface area contributed by atoms with Crippen LogP contribution in [0.1, 0.15) is 32.4 Å². The standard InChI is InChI=1S/C23H31FN4O6S/c1-16(2)33-23(29)28-8-6-18(7-9-28)34-22-12-17(26-15-27-22)14-25-21-5-4-19(13-20(21)24)32-10-11-35(3,30)31/h4-5,12-13,15-16,18,25H,6-11,14H2,1-3H3. The van der Waals surface area contributed by atoms with Crippen LogP contribution in [0.4, 0.5) is 14.9 Å². The lowest BCUT2D eigenvalue weighted by Gasteiger charge is -2.31. The summed E-state index contributed by atoms with van der Waals surface area (Å²) in [6.07, 6.45) is 3.27. The van der Waals surface area contributed by atoms with Gasteiger partial charge >= 0.3 is 6.09 Å². The van der Waals surface area contributed by atoms with E-state index in [0.717, 1.165) is 6.26 Å². The lowest BCUT2D eigenvalue weighted by molar-refractivity contribution is 0.0507. The van der Waals surface area contributed by atoms with Crippen LogP contribution in [-0.2, 0) is 21.1 Å². The molecule has 1 aliphatic rings. The van der Waals surface area contributed by atoms with Crippen molar-refractivity contribution in [3.63, 3.8) is 0 Å². The molecule has 1 fully saturated rings.